The van der Waals surface area contributed by atoms with E-state index in [9.17, 15) is 9.59 Å². The molecule has 6 nitrogen and oxygen atoms in total. The zero-order valence-electron chi connectivity index (χ0n) is 7.47. The van der Waals surface area contributed by atoms with Crippen LogP contribution in [0.2, 0.25) is 0 Å². The Balaban J connectivity index is 2.75. The van der Waals surface area contributed by atoms with Crippen molar-refractivity contribution in [2.75, 3.05) is 6.61 Å². The first-order valence-corrected chi connectivity index (χ1v) is 4.71. The number of hydrogen-bond acceptors (Lipinski definition) is 5. The van der Waals surface area contributed by atoms with Gasteiger partial charge in [0.05, 0.1) is 4.88 Å². The Labute approximate surface area is 89.0 Å². The van der Waals surface area contributed by atoms with Gasteiger partial charge >= 0.3 is 5.97 Å². The van der Waals surface area contributed by atoms with Crippen LogP contribution in [0.3, 0.4) is 0 Å². The summed E-state index contributed by atoms with van der Waals surface area (Å²) in [6.07, 6.45) is 0. The van der Waals surface area contributed by atoms with Gasteiger partial charge in [-0.05, 0) is 11.4 Å². The van der Waals surface area contributed by atoms with Gasteiger partial charge in [-0.3, -0.25) is 10.5 Å². The number of oxime groups is 1. The van der Waals surface area contributed by atoms with Crippen molar-refractivity contribution in [3.63, 3.8) is 0 Å². The summed E-state index contributed by atoms with van der Waals surface area (Å²) in [5.74, 6) is -2.20. The monoisotopic (exact) mass is 227 g/mol. The van der Waals surface area contributed by atoms with Crippen molar-refractivity contribution in [3.05, 3.63) is 22.4 Å². The highest BCUT2D eigenvalue weighted by molar-refractivity contribution is 7.13. The Morgan fingerprint density at radius 3 is 2.80 bits per heavy atom. The van der Waals surface area contributed by atoms with Crippen LogP contribution in [-0.2, 0) is 14.4 Å². The summed E-state index contributed by atoms with van der Waals surface area (Å²) in [6.45, 7) is -0.637. The second-order valence-electron chi connectivity index (χ2n) is 2.41. The number of rotatable bonds is 5. The maximum absolute atomic E-state index is 10.8. The van der Waals surface area contributed by atoms with E-state index in [0.717, 1.165) is 0 Å². The highest BCUT2D eigenvalue weighted by Gasteiger charge is 2.13. The van der Waals surface area contributed by atoms with E-state index < -0.39 is 18.5 Å². The average molecular weight is 227 g/mol. The fourth-order valence-electron chi connectivity index (χ4n) is 0.764. The average Bonchev–Trinajstić information content (AvgIpc) is 2.63. The van der Waals surface area contributed by atoms with Crippen molar-refractivity contribution >= 4 is 28.9 Å². The first-order chi connectivity index (χ1) is 7.11. The fraction of sp³-hybridized carbons (Fsp3) is 0.125. The topological polar surface area (TPSA) is 99.8 Å². The summed E-state index contributed by atoms with van der Waals surface area (Å²) >= 11 is 1.22. The molecule has 2 N–H and O–H groups in total. The molecule has 0 saturated carbocycles. The normalized spacial score (nSPS) is 11.1. The zero-order valence-corrected chi connectivity index (χ0v) is 8.28. The molecule has 1 aromatic heterocycles. The summed E-state index contributed by atoms with van der Waals surface area (Å²) in [4.78, 5) is 25.8. The zero-order chi connectivity index (χ0) is 11.3. The van der Waals surface area contributed by atoms with Crippen molar-refractivity contribution < 1.29 is 19.5 Å². The largest absolute Gasteiger partial charge is 0.479 e. The molecule has 15 heavy (non-hydrogen) atoms. The van der Waals surface area contributed by atoms with Crippen LogP contribution in [0, 0.1) is 0 Å². The van der Waals surface area contributed by atoms with Crippen LogP contribution in [0.15, 0.2) is 22.7 Å². The van der Waals surface area contributed by atoms with Crippen molar-refractivity contribution in [2.45, 2.75) is 0 Å². The van der Waals surface area contributed by atoms with E-state index in [4.69, 9.17) is 10.8 Å². The molecule has 79 valence electrons. The minimum Gasteiger partial charge on any atom is -0.479 e. The van der Waals surface area contributed by atoms with E-state index in [1.165, 1.54) is 11.3 Å². The molecule has 0 bridgehead atoms. The number of nitrogens with zero attached hydrogens (tertiary/aromatic N) is 1. The molecular formula is C8H7N2O4S. The molecule has 0 spiro atoms. The van der Waals surface area contributed by atoms with Gasteiger partial charge in [0.15, 0.2) is 5.71 Å². The maximum atomic E-state index is 10.8. The molecule has 1 radical (unpaired) electrons. The van der Waals surface area contributed by atoms with Gasteiger partial charge in [-0.1, -0.05) is 11.2 Å². The van der Waals surface area contributed by atoms with Crippen LogP contribution in [0.25, 0.3) is 0 Å². The maximum Gasteiger partial charge on any atom is 0.344 e. The lowest BCUT2D eigenvalue weighted by Crippen LogP contribution is -2.16. The molecule has 0 aliphatic carbocycles. The number of carbonyl (C=O) groups excluding carboxylic acids is 1. The lowest BCUT2D eigenvalue weighted by molar-refractivity contribution is -0.142. The molecule has 1 rings (SSSR count). The molecule has 0 aliphatic rings. The number of carboxylic acid groups (broad SMARTS) is 1. The quantitative estimate of drug-likeness (QED) is 0.579. The third-order valence-corrected chi connectivity index (χ3v) is 2.19. The van der Waals surface area contributed by atoms with Crippen molar-refractivity contribution in [1.82, 2.24) is 5.73 Å². The minimum atomic E-state index is -1.19. The van der Waals surface area contributed by atoms with Crippen molar-refractivity contribution in [1.29, 1.82) is 0 Å². The van der Waals surface area contributed by atoms with E-state index in [1.807, 2.05) is 0 Å². The van der Waals surface area contributed by atoms with Crippen LogP contribution in [-0.4, -0.2) is 29.3 Å². The van der Waals surface area contributed by atoms with Gasteiger partial charge in [-0.2, -0.15) is 0 Å². The van der Waals surface area contributed by atoms with E-state index >= 15 is 0 Å². The van der Waals surface area contributed by atoms with Crippen LogP contribution in [0.1, 0.15) is 4.88 Å². The summed E-state index contributed by atoms with van der Waals surface area (Å²) in [6, 6.07) is 3.29. The molecule has 1 amide bonds. The number of aliphatic carboxylic acids is 1. The Hall–Kier alpha value is -1.89. The molecule has 0 saturated heterocycles. The number of amides is 1. The molecule has 1 aromatic rings. The molecule has 0 unspecified atom stereocenters. The number of thiophene rings is 1. The van der Waals surface area contributed by atoms with E-state index in [0.29, 0.717) is 4.88 Å². The number of carbonyl (C=O) groups is 2. The van der Waals surface area contributed by atoms with E-state index in [2.05, 4.69) is 9.99 Å². The molecule has 0 aromatic carbocycles. The Morgan fingerprint density at radius 1 is 1.60 bits per heavy atom. The van der Waals surface area contributed by atoms with Gasteiger partial charge in [0, 0.05) is 0 Å². The van der Waals surface area contributed by atoms with Crippen LogP contribution < -0.4 is 5.73 Å². The van der Waals surface area contributed by atoms with Gasteiger partial charge < -0.3 is 9.94 Å². The molecule has 1 heterocycles. The summed E-state index contributed by atoms with van der Waals surface area (Å²) in [7, 11) is 0. The molecular weight excluding hydrogens is 220 g/mol. The van der Waals surface area contributed by atoms with Crippen LogP contribution in [0.4, 0.5) is 0 Å². The number of nitrogens with one attached hydrogen (secondary N) is 1. The molecule has 0 aliphatic heterocycles. The number of carboxylic acids is 1. The predicted molar refractivity (Wildman–Crippen MR) is 52.5 cm³/mol. The Bertz CT molecular complexity index is 385. The molecule has 0 fully saturated rings. The van der Waals surface area contributed by atoms with Crippen molar-refractivity contribution in [3.8, 4) is 0 Å². The van der Waals surface area contributed by atoms with E-state index in [-0.39, 0.29) is 5.71 Å². The first-order valence-electron chi connectivity index (χ1n) is 3.83. The third kappa shape index (κ3) is 3.39. The fourth-order valence-corrected chi connectivity index (χ4v) is 1.47. The smallest absolute Gasteiger partial charge is 0.344 e. The first kappa shape index (κ1) is 11.2. The number of hydrogen-bond donors (Lipinski definition) is 1. The van der Waals surface area contributed by atoms with Crippen LogP contribution in [0.5, 0.6) is 0 Å². The summed E-state index contributed by atoms with van der Waals surface area (Å²) in [5, 5.41) is 13.3. The van der Waals surface area contributed by atoms with Gasteiger partial charge in [0.2, 0.25) is 6.61 Å². The summed E-state index contributed by atoms with van der Waals surface area (Å²) < 4.78 is 0. The SMILES string of the molecule is [NH]C(=O)/C(=N\OCC(=O)O)c1cccs1. The second kappa shape index (κ2) is 5.11. The lowest BCUT2D eigenvalue weighted by Gasteiger charge is -1.98. The standard InChI is InChI=1S/C8H7N2O4S/c9-8(13)7(5-2-1-3-15-5)10-14-4-6(11)12/h1-3,9H,4H2,(H,11,12)/b10-7-. The van der Waals surface area contributed by atoms with Gasteiger partial charge in [0.1, 0.15) is 0 Å². The predicted octanol–water partition coefficient (Wildman–Crippen LogP) is 0.363. The molecule has 0 atom stereocenters. The minimum absolute atomic E-state index is 0.189. The highest BCUT2D eigenvalue weighted by atomic mass is 32.1. The second-order valence-corrected chi connectivity index (χ2v) is 3.36. The van der Waals surface area contributed by atoms with Gasteiger partial charge in [-0.15, -0.1) is 11.3 Å². The van der Waals surface area contributed by atoms with Gasteiger partial charge in [0.25, 0.3) is 5.91 Å². The third-order valence-electron chi connectivity index (χ3n) is 1.31. The summed E-state index contributed by atoms with van der Waals surface area (Å²) in [5.41, 5.74) is 6.72. The Morgan fingerprint density at radius 2 is 2.33 bits per heavy atom. The Kier molecular flexibility index (Phi) is 3.81. The lowest BCUT2D eigenvalue weighted by atomic mass is 10.3. The van der Waals surface area contributed by atoms with E-state index in [1.54, 1.807) is 17.5 Å². The molecule has 7 heteroatoms. The van der Waals surface area contributed by atoms with Crippen molar-refractivity contribution in [2.24, 2.45) is 5.16 Å². The highest BCUT2D eigenvalue weighted by Crippen LogP contribution is 2.10. The van der Waals surface area contributed by atoms with Crippen LogP contribution >= 0.6 is 11.3 Å². The van der Waals surface area contributed by atoms with Gasteiger partial charge in [-0.25, -0.2) is 4.79 Å².